The van der Waals surface area contributed by atoms with Crippen LogP contribution in [0, 0.1) is 5.92 Å². The van der Waals surface area contributed by atoms with Crippen LogP contribution < -0.4 is 10.8 Å². The number of nitrogens with zero attached hydrogens (tertiary/aromatic N) is 2. The Morgan fingerprint density at radius 2 is 1.76 bits per heavy atom. The van der Waals surface area contributed by atoms with Crippen LogP contribution >= 0.6 is 11.6 Å². The number of halogens is 1. The topological polar surface area (TPSA) is 121 Å². The van der Waals surface area contributed by atoms with Gasteiger partial charge < -0.3 is 15.3 Å². The van der Waals surface area contributed by atoms with Gasteiger partial charge in [-0.25, -0.2) is 5.48 Å². The molecule has 0 spiro atoms. The van der Waals surface area contributed by atoms with Crippen molar-refractivity contribution in [3.63, 3.8) is 0 Å². The number of aliphatic hydroxyl groups excluding tert-OH is 1. The molecule has 9 nitrogen and oxygen atoms in total. The molecule has 1 aliphatic heterocycles. The van der Waals surface area contributed by atoms with Gasteiger partial charge in [-0.05, 0) is 54.3 Å². The van der Waals surface area contributed by atoms with Gasteiger partial charge in [-0.15, -0.1) is 0 Å². The number of hydroxylamine groups is 1. The third-order valence-corrected chi connectivity index (χ3v) is 8.08. The fourth-order valence-corrected chi connectivity index (χ4v) is 6.13. The van der Waals surface area contributed by atoms with Crippen LogP contribution in [0.2, 0.25) is 5.02 Å². The number of hydrogen-bond acceptors (Lipinski definition) is 6. The molecule has 2 aromatic carbocycles. The lowest BCUT2D eigenvalue weighted by Crippen LogP contribution is -2.56. The van der Waals surface area contributed by atoms with E-state index in [2.05, 4.69) is 15.8 Å². The van der Waals surface area contributed by atoms with E-state index in [9.17, 15) is 19.5 Å². The SMILES string of the molecule is O=C(NCCO)C1CCCCC1N1C(=O)c2ccccc2C(C(=O)NOCc2ccccn2)C1c1ccc(Cl)cc1. The van der Waals surface area contributed by atoms with Crippen molar-refractivity contribution in [3.05, 3.63) is 100 Å². The zero-order valence-corrected chi connectivity index (χ0v) is 23.3. The van der Waals surface area contributed by atoms with E-state index >= 15 is 0 Å². The fourth-order valence-electron chi connectivity index (χ4n) is 6.00. The third kappa shape index (κ3) is 6.27. The molecular formula is C31H33ClN4O5. The van der Waals surface area contributed by atoms with E-state index in [4.69, 9.17) is 16.4 Å². The minimum absolute atomic E-state index is 0.0743. The summed E-state index contributed by atoms with van der Waals surface area (Å²) in [5, 5.41) is 12.6. The van der Waals surface area contributed by atoms with Gasteiger partial charge >= 0.3 is 0 Å². The molecule has 214 valence electrons. The smallest absolute Gasteiger partial charge is 0.254 e. The van der Waals surface area contributed by atoms with Crippen molar-refractivity contribution in [2.75, 3.05) is 13.2 Å². The van der Waals surface area contributed by atoms with Crippen molar-refractivity contribution in [1.82, 2.24) is 20.7 Å². The van der Waals surface area contributed by atoms with Crippen molar-refractivity contribution in [2.24, 2.45) is 5.92 Å². The van der Waals surface area contributed by atoms with Gasteiger partial charge in [-0.2, -0.15) is 0 Å². The Morgan fingerprint density at radius 3 is 2.51 bits per heavy atom. The minimum Gasteiger partial charge on any atom is -0.395 e. The molecule has 10 heteroatoms. The lowest BCUT2D eigenvalue weighted by Gasteiger charge is -2.48. The molecule has 41 heavy (non-hydrogen) atoms. The number of nitrogens with one attached hydrogen (secondary N) is 2. The van der Waals surface area contributed by atoms with Crippen LogP contribution in [0.25, 0.3) is 0 Å². The molecule has 1 aromatic heterocycles. The van der Waals surface area contributed by atoms with Gasteiger partial charge in [0, 0.05) is 29.4 Å². The summed E-state index contributed by atoms with van der Waals surface area (Å²) < 4.78 is 0. The van der Waals surface area contributed by atoms with Crippen LogP contribution in [0.3, 0.4) is 0 Å². The highest BCUT2D eigenvalue weighted by atomic mass is 35.5. The molecule has 0 bridgehead atoms. The average molecular weight is 577 g/mol. The fraction of sp³-hybridized carbons (Fsp3) is 0.355. The molecule has 2 heterocycles. The first-order chi connectivity index (χ1) is 20.0. The quantitative estimate of drug-likeness (QED) is 0.332. The minimum atomic E-state index is -0.822. The van der Waals surface area contributed by atoms with E-state index in [1.54, 1.807) is 53.6 Å². The van der Waals surface area contributed by atoms with Gasteiger partial charge in [0.1, 0.15) is 6.61 Å². The molecule has 0 saturated heterocycles. The lowest BCUT2D eigenvalue weighted by atomic mass is 9.75. The lowest BCUT2D eigenvalue weighted by molar-refractivity contribution is -0.138. The second-order valence-corrected chi connectivity index (χ2v) is 10.8. The van der Waals surface area contributed by atoms with Crippen LogP contribution in [0.1, 0.15) is 64.8 Å². The second-order valence-electron chi connectivity index (χ2n) is 10.3. The third-order valence-electron chi connectivity index (χ3n) is 7.82. The van der Waals surface area contributed by atoms with Gasteiger partial charge in [0.15, 0.2) is 0 Å². The normalized spacial score (nSPS) is 22.1. The van der Waals surface area contributed by atoms with Gasteiger partial charge in [0.25, 0.3) is 11.8 Å². The Kier molecular flexibility index (Phi) is 9.28. The Morgan fingerprint density at radius 1 is 1.00 bits per heavy atom. The van der Waals surface area contributed by atoms with Gasteiger partial charge in [0.05, 0.1) is 30.2 Å². The number of aromatic nitrogens is 1. The van der Waals surface area contributed by atoms with Crippen LogP contribution in [0.4, 0.5) is 0 Å². The molecule has 4 unspecified atom stereocenters. The van der Waals surface area contributed by atoms with Crippen molar-refractivity contribution in [1.29, 1.82) is 0 Å². The number of benzene rings is 2. The monoisotopic (exact) mass is 576 g/mol. The summed E-state index contributed by atoms with van der Waals surface area (Å²) in [5.41, 5.74) is 4.99. The van der Waals surface area contributed by atoms with E-state index < -0.39 is 29.8 Å². The largest absolute Gasteiger partial charge is 0.395 e. The number of aliphatic hydroxyl groups is 1. The Bertz CT molecular complexity index is 1370. The first-order valence-corrected chi connectivity index (χ1v) is 14.2. The standard InChI is InChI=1S/C31H33ClN4O5/c32-21-14-12-20(13-15-21)28-27(30(39)35-41-19-22-7-5-6-16-33-22)23-8-1-2-9-24(23)31(40)36(28)26-11-4-3-10-25(26)29(38)34-17-18-37/h1-2,5-9,12-16,25-28,37H,3-4,10-11,17-19H2,(H,34,38)(H,35,39). The maximum Gasteiger partial charge on any atom is 0.254 e. The van der Waals surface area contributed by atoms with Crippen molar-refractivity contribution in [2.45, 2.75) is 50.3 Å². The number of hydrogen-bond donors (Lipinski definition) is 3. The zero-order chi connectivity index (χ0) is 28.8. The van der Waals surface area contributed by atoms with Crippen molar-refractivity contribution in [3.8, 4) is 0 Å². The predicted molar refractivity (Wildman–Crippen MR) is 153 cm³/mol. The molecule has 1 fully saturated rings. The first-order valence-electron chi connectivity index (χ1n) is 13.9. The maximum atomic E-state index is 14.3. The first kappa shape index (κ1) is 28.7. The van der Waals surface area contributed by atoms with E-state index in [-0.39, 0.29) is 31.6 Å². The molecule has 1 saturated carbocycles. The number of carbonyl (C=O) groups excluding carboxylic acids is 3. The number of carbonyl (C=O) groups is 3. The van der Waals surface area contributed by atoms with Crippen LogP contribution in [0.15, 0.2) is 72.9 Å². The number of amides is 3. The molecule has 3 aromatic rings. The predicted octanol–water partition coefficient (Wildman–Crippen LogP) is 3.93. The maximum absolute atomic E-state index is 14.3. The highest BCUT2D eigenvalue weighted by Gasteiger charge is 2.49. The highest BCUT2D eigenvalue weighted by Crippen LogP contribution is 2.47. The molecule has 4 atom stereocenters. The summed E-state index contributed by atoms with van der Waals surface area (Å²) >= 11 is 6.23. The van der Waals surface area contributed by atoms with Gasteiger partial charge in [0.2, 0.25) is 5.91 Å². The molecule has 1 aliphatic carbocycles. The summed E-state index contributed by atoms with van der Waals surface area (Å²) in [7, 11) is 0. The van der Waals surface area contributed by atoms with Gasteiger partial charge in [-0.1, -0.05) is 60.8 Å². The van der Waals surface area contributed by atoms with Crippen LogP contribution in [-0.2, 0) is 21.0 Å². The summed E-state index contributed by atoms with van der Waals surface area (Å²) in [6, 6.07) is 18.5. The average Bonchev–Trinajstić information content (AvgIpc) is 3.00. The summed E-state index contributed by atoms with van der Waals surface area (Å²) in [5.74, 6) is -2.15. The summed E-state index contributed by atoms with van der Waals surface area (Å²) in [4.78, 5) is 53.0. The van der Waals surface area contributed by atoms with Crippen LogP contribution in [-0.4, -0.2) is 51.9 Å². The molecule has 3 N–H and O–H groups in total. The van der Waals surface area contributed by atoms with E-state index in [1.165, 1.54) is 0 Å². The summed E-state index contributed by atoms with van der Waals surface area (Å²) in [6.07, 6.45) is 4.56. The number of fused-ring (bicyclic) bond motifs is 1. The Balaban J connectivity index is 1.55. The second kappa shape index (κ2) is 13.2. The van der Waals surface area contributed by atoms with Crippen LogP contribution in [0.5, 0.6) is 0 Å². The summed E-state index contributed by atoms with van der Waals surface area (Å²) in [6.45, 7) is 0.0380. The highest BCUT2D eigenvalue weighted by molar-refractivity contribution is 6.30. The van der Waals surface area contributed by atoms with Crippen molar-refractivity contribution < 1.29 is 24.3 Å². The number of rotatable bonds is 9. The Labute approximate surface area is 243 Å². The molecule has 3 amide bonds. The van der Waals surface area contributed by atoms with Gasteiger partial charge in [-0.3, -0.25) is 24.2 Å². The number of pyridine rings is 1. The van der Waals surface area contributed by atoms with E-state index in [0.717, 1.165) is 18.4 Å². The molecule has 5 rings (SSSR count). The van der Waals surface area contributed by atoms with E-state index in [0.29, 0.717) is 34.7 Å². The molecular weight excluding hydrogens is 544 g/mol. The zero-order valence-electron chi connectivity index (χ0n) is 22.5. The molecule has 2 aliphatic rings. The van der Waals surface area contributed by atoms with E-state index in [1.807, 2.05) is 24.3 Å². The Hall–Kier alpha value is -3.79. The van der Waals surface area contributed by atoms with Crippen molar-refractivity contribution >= 4 is 29.3 Å². The molecule has 0 radical (unpaired) electrons.